The third-order valence-corrected chi connectivity index (χ3v) is 3.73. The molecule has 2 rings (SSSR count). The van der Waals surface area contributed by atoms with E-state index in [0.29, 0.717) is 12.0 Å². The average Bonchev–Trinajstić information content (AvgIpc) is 3.18. The van der Waals surface area contributed by atoms with E-state index in [-0.39, 0.29) is 23.7 Å². The summed E-state index contributed by atoms with van der Waals surface area (Å²) in [5.74, 6) is -4.09. The predicted molar refractivity (Wildman–Crippen MR) is 71.6 cm³/mol. The Bertz CT molecular complexity index is 574. The number of halogens is 2. The quantitative estimate of drug-likeness (QED) is 0.876. The second kappa shape index (κ2) is 5.79. The van der Waals surface area contributed by atoms with E-state index >= 15 is 0 Å². The van der Waals surface area contributed by atoms with E-state index in [1.807, 2.05) is 0 Å². The number of aliphatic carboxylic acids is 1. The lowest BCUT2D eigenvalue weighted by Crippen LogP contribution is -2.45. The summed E-state index contributed by atoms with van der Waals surface area (Å²) in [6.45, 7) is 3.41. The number of hydrogen-bond acceptors (Lipinski definition) is 2. The van der Waals surface area contributed by atoms with Gasteiger partial charge in [-0.05, 0) is 36.0 Å². The summed E-state index contributed by atoms with van der Waals surface area (Å²) < 4.78 is 26.0. The molecule has 114 valence electrons. The number of nitrogens with one attached hydrogen (secondary N) is 1. The Hall–Kier alpha value is -1.98. The lowest BCUT2D eigenvalue weighted by atomic mass is 10.0. The van der Waals surface area contributed by atoms with E-state index in [1.54, 1.807) is 13.8 Å². The number of carbonyl (C=O) groups is 2. The first kappa shape index (κ1) is 15.4. The Morgan fingerprint density at radius 3 is 2.48 bits per heavy atom. The molecule has 1 aliphatic rings. The van der Waals surface area contributed by atoms with Crippen molar-refractivity contribution in [3.8, 4) is 0 Å². The smallest absolute Gasteiger partial charge is 0.326 e. The van der Waals surface area contributed by atoms with Crippen molar-refractivity contribution in [1.29, 1.82) is 0 Å². The number of hydrogen-bond donors (Lipinski definition) is 2. The van der Waals surface area contributed by atoms with E-state index in [9.17, 15) is 18.4 Å². The zero-order chi connectivity index (χ0) is 15.7. The van der Waals surface area contributed by atoms with Gasteiger partial charge < -0.3 is 10.4 Å². The monoisotopic (exact) mass is 297 g/mol. The molecule has 3 atom stereocenters. The Balaban J connectivity index is 2.00. The van der Waals surface area contributed by atoms with Crippen LogP contribution in [-0.2, 0) is 9.59 Å². The lowest BCUT2D eigenvalue weighted by molar-refractivity contribution is -0.143. The van der Waals surface area contributed by atoms with Crippen molar-refractivity contribution in [2.45, 2.75) is 32.2 Å². The minimum atomic E-state index is -1.08. The Labute approximate surface area is 121 Å². The van der Waals surface area contributed by atoms with E-state index in [1.165, 1.54) is 6.07 Å². The molecule has 1 aliphatic carbocycles. The van der Waals surface area contributed by atoms with Crippen molar-refractivity contribution in [3.63, 3.8) is 0 Å². The number of amides is 1. The highest BCUT2D eigenvalue weighted by molar-refractivity contribution is 5.87. The molecule has 0 aliphatic heterocycles. The first-order valence-corrected chi connectivity index (χ1v) is 6.79. The van der Waals surface area contributed by atoms with Crippen LogP contribution in [0.2, 0.25) is 0 Å². The van der Waals surface area contributed by atoms with Crippen LogP contribution in [-0.4, -0.2) is 23.0 Å². The molecule has 4 nitrogen and oxygen atoms in total. The molecular weight excluding hydrogens is 280 g/mol. The first-order valence-electron chi connectivity index (χ1n) is 6.79. The van der Waals surface area contributed by atoms with Crippen LogP contribution < -0.4 is 5.32 Å². The van der Waals surface area contributed by atoms with Crippen molar-refractivity contribution in [2.75, 3.05) is 0 Å². The molecule has 0 spiro atoms. The Kier molecular flexibility index (Phi) is 4.25. The van der Waals surface area contributed by atoms with Crippen molar-refractivity contribution in [3.05, 3.63) is 35.4 Å². The van der Waals surface area contributed by atoms with Crippen LogP contribution in [0.25, 0.3) is 0 Å². The topological polar surface area (TPSA) is 66.4 Å². The van der Waals surface area contributed by atoms with Crippen molar-refractivity contribution < 1.29 is 23.5 Å². The normalized spacial score (nSPS) is 22.0. The van der Waals surface area contributed by atoms with Gasteiger partial charge in [-0.2, -0.15) is 0 Å². The zero-order valence-corrected chi connectivity index (χ0v) is 11.8. The van der Waals surface area contributed by atoms with Crippen LogP contribution in [0.5, 0.6) is 0 Å². The zero-order valence-electron chi connectivity index (χ0n) is 11.8. The standard InChI is InChI=1S/C15H17F2NO3/c1-7(2)13(15(20)21)18-14(19)10-6-9(10)8-3-4-11(16)12(17)5-8/h3-5,7,9-10,13H,6H2,1-2H3,(H,18,19)(H,20,21)/t9?,10?,13-/m0/s1. The molecule has 2 unspecified atom stereocenters. The summed E-state index contributed by atoms with van der Waals surface area (Å²) in [5.41, 5.74) is 0.561. The number of benzene rings is 1. The Morgan fingerprint density at radius 2 is 1.95 bits per heavy atom. The van der Waals surface area contributed by atoms with Crippen molar-refractivity contribution >= 4 is 11.9 Å². The molecule has 1 saturated carbocycles. The highest BCUT2D eigenvalue weighted by Gasteiger charge is 2.45. The molecule has 1 aromatic rings. The minimum absolute atomic E-state index is 0.179. The third kappa shape index (κ3) is 3.37. The van der Waals surface area contributed by atoms with Gasteiger partial charge in [0.25, 0.3) is 0 Å². The van der Waals surface area contributed by atoms with Crippen LogP contribution in [0.1, 0.15) is 31.7 Å². The summed E-state index contributed by atoms with van der Waals surface area (Å²) in [6, 6.07) is 2.63. The van der Waals surface area contributed by atoms with Gasteiger partial charge in [-0.25, -0.2) is 13.6 Å². The van der Waals surface area contributed by atoms with Gasteiger partial charge >= 0.3 is 5.97 Å². The summed E-state index contributed by atoms with van der Waals surface area (Å²) >= 11 is 0. The molecule has 1 fully saturated rings. The summed E-state index contributed by atoms with van der Waals surface area (Å²) in [7, 11) is 0. The summed E-state index contributed by atoms with van der Waals surface area (Å²) in [6.07, 6.45) is 0.515. The van der Waals surface area contributed by atoms with Gasteiger partial charge in [0.05, 0.1) is 0 Å². The molecule has 0 saturated heterocycles. The summed E-state index contributed by atoms with van der Waals surface area (Å²) in [4.78, 5) is 23.1. The second-order valence-electron chi connectivity index (χ2n) is 5.69. The molecule has 1 aromatic carbocycles. The van der Waals surface area contributed by atoms with Crippen LogP contribution >= 0.6 is 0 Å². The number of carboxylic acids is 1. The molecule has 0 radical (unpaired) electrons. The van der Waals surface area contributed by atoms with E-state index in [4.69, 9.17) is 5.11 Å². The molecule has 1 amide bonds. The SMILES string of the molecule is CC(C)[C@H](NC(=O)C1CC1c1ccc(F)c(F)c1)C(=O)O. The van der Waals surface area contributed by atoms with Crippen LogP contribution in [0.3, 0.4) is 0 Å². The van der Waals surface area contributed by atoms with Crippen LogP contribution in [0.4, 0.5) is 8.78 Å². The van der Waals surface area contributed by atoms with Crippen molar-refractivity contribution in [1.82, 2.24) is 5.32 Å². The van der Waals surface area contributed by atoms with Crippen LogP contribution in [0.15, 0.2) is 18.2 Å². The molecule has 21 heavy (non-hydrogen) atoms. The second-order valence-corrected chi connectivity index (χ2v) is 5.69. The molecule has 0 heterocycles. The fourth-order valence-corrected chi connectivity index (χ4v) is 2.37. The highest BCUT2D eigenvalue weighted by atomic mass is 19.2. The number of rotatable bonds is 5. The van der Waals surface area contributed by atoms with E-state index in [0.717, 1.165) is 12.1 Å². The average molecular weight is 297 g/mol. The fraction of sp³-hybridized carbons (Fsp3) is 0.467. The molecule has 6 heteroatoms. The maximum Gasteiger partial charge on any atom is 0.326 e. The summed E-state index contributed by atoms with van der Waals surface area (Å²) in [5, 5.41) is 11.5. The molecular formula is C15H17F2NO3. The van der Waals surface area contributed by atoms with E-state index < -0.39 is 23.6 Å². The first-order chi connectivity index (χ1) is 9.81. The third-order valence-electron chi connectivity index (χ3n) is 3.73. The Morgan fingerprint density at radius 1 is 1.29 bits per heavy atom. The van der Waals surface area contributed by atoms with Gasteiger partial charge in [0.1, 0.15) is 6.04 Å². The minimum Gasteiger partial charge on any atom is -0.480 e. The molecule has 0 bridgehead atoms. The maximum absolute atomic E-state index is 13.2. The molecule has 2 N–H and O–H groups in total. The number of carbonyl (C=O) groups excluding carboxylic acids is 1. The fourth-order valence-electron chi connectivity index (χ4n) is 2.37. The number of carboxylic acid groups (broad SMARTS) is 1. The lowest BCUT2D eigenvalue weighted by Gasteiger charge is -2.17. The maximum atomic E-state index is 13.2. The van der Waals surface area contributed by atoms with Crippen molar-refractivity contribution in [2.24, 2.45) is 11.8 Å². The van der Waals surface area contributed by atoms with Gasteiger partial charge in [0.15, 0.2) is 11.6 Å². The van der Waals surface area contributed by atoms with Gasteiger partial charge in [-0.1, -0.05) is 19.9 Å². The van der Waals surface area contributed by atoms with Gasteiger partial charge in [0.2, 0.25) is 5.91 Å². The predicted octanol–water partition coefficient (Wildman–Crippen LogP) is 2.29. The van der Waals surface area contributed by atoms with Crippen LogP contribution in [0, 0.1) is 23.5 Å². The van der Waals surface area contributed by atoms with E-state index in [2.05, 4.69) is 5.32 Å². The van der Waals surface area contributed by atoms with Gasteiger partial charge in [0, 0.05) is 5.92 Å². The van der Waals surface area contributed by atoms with Gasteiger partial charge in [-0.15, -0.1) is 0 Å². The molecule has 0 aromatic heterocycles. The largest absolute Gasteiger partial charge is 0.480 e. The highest BCUT2D eigenvalue weighted by Crippen LogP contribution is 2.47. The van der Waals surface area contributed by atoms with Gasteiger partial charge in [-0.3, -0.25) is 4.79 Å².